The highest BCUT2D eigenvalue weighted by molar-refractivity contribution is 5.76. The molecule has 2 N–H and O–H groups in total. The quantitative estimate of drug-likeness (QED) is 0.307. The normalized spacial score (nSPS) is 12.7. The lowest BCUT2D eigenvalue weighted by Gasteiger charge is -2.21. The zero-order chi connectivity index (χ0) is 21.9. The summed E-state index contributed by atoms with van der Waals surface area (Å²) in [5, 5.41) is 7.41. The van der Waals surface area contributed by atoms with Crippen LogP contribution in [-0.2, 0) is 6.42 Å². The van der Waals surface area contributed by atoms with Crippen LogP contribution in [0, 0.1) is 0 Å². The van der Waals surface area contributed by atoms with Gasteiger partial charge in [0.1, 0.15) is 6.61 Å². The van der Waals surface area contributed by atoms with Crippen LogP contribution >= 0.6 is 0 Å². The van der Waals surface area contributed by atoms with Gasteiger partial charge in [-0.3, -0.25) is 5.43 Å². The van der Waals surface area contributed by atoms with Crippen molar-refractivity contribution in [1.82, 2.24) is 20.3 Å². The van der Waals surface area contributed by atoms with E-state index >= 15 is 0 Å². The van der Waals surface area contributed by atoms with Crippen LogP contribution < -0.4 is 20.4 Å². The van der Waals surface area contributed by atoms with Crippen molar-refractivity contribution < 1.29 is 4.74 Å². The number of allylic oxidation sites excluding steroid dienone is 1. The van der Waals surface area contributed by atoms with Crippen molar-refractivity contribution in [3.05, 3.63) is 41.2 Å². The molecule has 3 rings (SSSR count). The van der Waals surface area contributed by atoms with E-state index in [2.05, 4.69) is 73.8 Å². The van der Waals surface area contributed by atoms with E-state index < -0.39 is 0 Å². The summed E-state index contributed by atoms with van der Waals surface area (Å²) < 4.78 is 5.72. The van der Waals surface area contributed by atoms with Crippen molar-refractivity contribution in [3.63, 3.8) is 0 Å². The molecule has 1 heterocycles. The Kier molecular flexibility index (Phi) is 8.78. The van der Waals surface area contributed by atoms with Crippen molar-refractivity contribution >= 4 is 23.9 Å². The largest absolute Gasteiger partial charge is 0.462 e. The van der Waals surface area contributed by atoms with E-state index in [4.69, 9.17) is 4.74 Å². The van der Waals surface area contributed by atoms with Crippen LogP contribution in [0.5, 0.6) is 6.01 Å². The third kappa shape index (κ3) is 6.75. The van der Waals surface area contributed by atoms with Gasteiger partial charge < -0.3 is 15.0 Å². The zero-order valence-electron chi connectivity index (χ0n) is 18.8. The molecule has 166 valence electrons. The third-order valence-electron chi connectivity index (χ3n) is 4.87. The average molecular weight is 424 g/mol. The second-order valence-corrected chi connectivity index (χ2v) is 7.44. The van der Waals surface area contributed by atoms with Crippen molar-refractivity contribution in [2.24, 2.45) is 5.10 Å². The Bertz CT molecular complexity index is 891. The monoisotopic (exact) mass is 423 g/mol. The molecular weight excluding hydrogens is 390 g/mol. The van der Waals surface area contributed by atoms with Gasteiger partial charge in [-0.05, 0) is 56.0 Å². The number of aryl methyl sites for hydroxylation is 1. The summed E-state index contributed by atoms with van der Waals surface area (Å²) >= 11 is 0. The Morgan fingerprint density at radius 1 is 1.16 bits per heavy atom. The van der Waals surface area contributed by atoms with Crippen LogP contribution in [0.25, 0.3) is 6.08 Å². The fourth-order valence-corrected chi connectivity index (χ4v) is 3.38. The van der Waals surface area contributed by atoms with E-state index in [1.165, 1.54) is 11.1 Å². The van der Waals surface area contributed by atoms with Crippen molar-refractivity contribution in [2.75, 3.05) is 43.6 Å². The molecular formula is C23H33N7O. The first kappa shape index (κ1) is 22.7. The van der Waals surface area contributed by atoms with Gasteiger partial charge in [-0.2, -0.15) is 20.1 Å². The Balaban J connectivity index is 1.77. The first-order chi connectivity index (χ1) is 15.2. The van der Waals surface area contributed by atoms with Crippen LogP contribution in [0.4, 0.5) is 11.6 Å². The first-order valence-corrected chi connectivity index (χ1v) is 11.1. The van der Waals surface area contributed by atoms with Crippen molar-refractivity contribution in [1.29, 1.82) is 0 Å². The van der Waals surface area contributed by atoms with Crippen LogP contribution in [0.3, 0.4) is 0 Å². The minimum atomic E-state index is 0.317. The number of likely N-dealkylation sites (N-methyl/N-ethyl adjacent to an activating group) is 1. The Morgan fingerprint density at radius 2 is 2.00 bits per heavy atom. The molecule has 0 fully saturated rings. The van der Waals surface area contributed by atoms with Gasteiger partial charge >= 0.3 is 6.01 Å². The highest BCUT2D eigenvalue weighted by Gasteiger charge is 2.13. The van der Waals surface area contributed by atoms with Crippen LogP contribution in [0.2, 0.25) is 0 Å². The van der Waals surface area contributed by atoms with E-state index in [0.717, 1.165) is 44.5 Å². The van der Waals surface area contributed by atoms with Crippen LogP contribution in [-0.4, -0.2) is 54.5 Å². The summed E-state index contributed by atoms with van der Waals surface area (Å²) in [6, 6.07) is 6.62. The predicted molar refractivity (Wildman–Crippen MR) is 127 cm³/mol. The number of nitrogens with one attached hydrogen (secondary N) is 2. The van der Waals surface area contributed by atoms with Crippen molar-refractivity contribution in [2.45, 2.75) is 39.5 Å². The van der Waals surface area contributed by atoms with E-state index in [-0.39, 0.29) is 0 Å². The molecule has 2 aromatic rings. The summed E-state index contributed by atoms with van der Waals surface area (Å²) in [6.07, 6.45) is 10.2. The van der Waals surface area contributed by atoms with E-state index in [0.29, 0.717) is 30.9 Å². The molecule has 1 aromatic carbocycles. The number of benzene rings is 1. The number of ether oxygens (including phenoxy) is 1. The molecule has 0 saturated heterocycles. The molecule has 8 nitrogen and oxygen atoms in total. The smallest absolute Gasteiger partial charge is 0.321 e. The summed E-state index contributed by atoms with van der Waals surface area (Å²) in [4.78, 5) is 15.7. The summed E-state index contributed by atoms with van der Waals surface area (Å²) in [5.74, 6) is 1.09. The highest BCUT2D eigenvalue weighted by Crippen LogP contribution is 2.22. The summed E-state index contributed by atoms with van der Waals surface area (Å²) in [7, 11) is 1.88. The lowest BCUT2D eigenvalue weighted by Crippen LogP contribution is -2.28. The lowest BCUT2D eigenvalue weighted by molar-refractivity contribution is 0.292. The van der Waals surface area contributed by atoms with Gasteiger partial charge in [0.05, 0.1) is 11.9 Å². The van der Waals surface area contributed by atoms with Gasteiger partial charge in [0.25, 0.3) is 0 Å². The molecule has 1 aliphatic rings. The summed E-state index contributed by atoms with van der Waals surface area (Å²) in [5.41, 5.74) is 6.62. The molecule has 0 saturated carbocycles. The van der Waals surface area contributed by atoms with Gasteiger partial charge in [0, 0.05) is 19.6 Å². The topological polar surface area (TPSA) is 87.6 Å². The molecule has 1 aliphatic carbocycles. The molecule has 0 bridgehead atoms. The Hall–Kier alpha value is -3.00. The average Bonchev–Trinajstić information content (AvgIpc) is 2.79. The van der Waals surface area contributed by atoms with Gasteiger partial charge in [0.15, 0.2) is 5.82 Å². The molecule has 0 spiro atoms. The second-order valence-electron chi connectivity index (χ2n) is 7.44. The molecule has 8 heteroatoms. The number of nitrogens with zero attached hydrogens (tertiary/aromatic N) is 5. The zero-order valence-corrected chi connectivity index (χ0v) is 18.8. The number of anilines is 2. The number of aromatic nitrogens is 3. The predicted octanol–water partition coefficient (Wildman–Crippen LogP) is 3.50. The SMILES string of the molecule is CCCN(CCC)c1nc(/C=N/Nc2ccc3c(c2)C=CCC3)nc(OCCNC)n1. The van der Waals surface area contributed by atoms with E-state index in [9.17, 15) is 0 Å². The fraction of sp³-hybridized carbons (Fsp3) is 0.478. The molecule has 0 radical (unpaired) electrons. The molecule has 31 heavy (non-hydrogen) atoms. The third-order valence-corrected chi connectivity index (χ3v) is 4.87. The Morgan fingerprint density at radius 3 is 2.77 bits per heavy atom. The number of rotatable bonds is 12. The maximum atomic E-state index is 5.72. The minimum absolute atomic E-state index is 0.317. The second kappa shape index (κ2) is 12.0. The lowest BCUT2D eigenvalue weighted by atomic mass is 9.97. The van der Waals surface area contributed by atoms with Gasteiger partial charge in [0.2, 0.25) is 5.95 Å². The highest BCUT2D eigenvalue weighted by atomic mass is 16.5. The number of hydrogen-bond donors (Lipinski definition) is 2. The maximum absolute atomic E-state index is 5.72. The van der Waals surface area contributed by atoms with Gasteiger partial charge in [-0.25, -0.2) is 0 Å². The van der Waals surface area contributed by atoms with Gasteiger partial charge in [-0.1, -0.05) is 32.1 Å². The minimum Gasteiger partial charge on any atom is -0.462 e. The summed E-state index contributed by atoms with van der Waals surface area (Å²) in [6.45, 7) is 7.25. The van der Waals surface area contributed by atoms with Crippen LogP contribution in [0.1, 0.15) is 50.1 Å². The van der Waals surface area contributed by atoms with E-state index in [1.54, 1.807) is 6.21 Å². The van der Waals surface area contributed by atoms with Crippen LogP contribution in [0.15, 0.2) is 29.4 Å². The molecule has 0 atom stereocenters. The molecule has 0 amide bonds. The fourth-order valence-electron chi connectivity index (χ4n) is 3.38. The number of fused-ring (bicyclic) bond motifs is 1. The molecule has 0 aliphatic heterocycles. The standard InChI is InChI=1S/C23H33N7O/c1-4-13-30(14-5-2)22-26-21(27-23(28-22)31-15-12-24-3)17-25-29-20-11-10-18-8-6-7-9-19(18)16-20/h7,9-11,16-17,24,29H,4-6,8,12-15H2,1-3H3/b25-17+. The molecule has 0 unspecified atom stereocenters. The maximum Gasteiger partial charge on any atom is 0.321 e. The van der Waals surface area contributed by atoms with E-state index in [1.807, 2.05) is 13.1 Å². The first-order valence-electron chi connectivity index (χ1n) is 11.1. The Labute approximate surface area is 184 Å². The number of hydrazone groups is 1. The molecule has 1 aromatic heterocycles. The van der Waals surface area contributed by atoms with Crippen molar-refractivity contribution in [3.8, 4) is 6.01 Å². The number of hydrogen-bond acceptors (Lipinski definition) is 8. The van der Waals surface area contributed by atoms with Gasteiger partial charge in [-0.15, -0.1) is 0 Å².